The minimum absolute atomic E-state index is 0.0578. The first-order chi connectivity index (χ1) is 11.1. The predicted molar refractivity (Wildman–Crippen MR) is 85.2 cm³/mol. The van der Waals surface area contributed by atoms with Gasteiger partial charge in [0.1, 0.15) is 5.82 Å². The van der Waals surface area contributed by atoms with Crippen LogP contribution in [0.5, 0.6) is 0 Å². The molecule has 5 heteroatoms. The summed E-state index contributed by atoms with van der Waals surface area (Å²) in [5, 5.41) is 0. The van der Waals surface area contributed by atoms with Crippen LogP contribution in [-0.2, 0) is 16.0 Å². The molecule has 1 aromatic rings. The summed E-state index contributed by atoms with van der Waals surface area (Å²) in [6.45, 7) is 2.78. The molecule has 0 N–H and O–H groups in total. The Hall–Kier alpha value is -1.91. The highest BCUT2D eigenvalue weighted by atomic mass is 19.1. The fourth-order valence-corrected chi connectivity index (χ4v) is 3.44. The van der Waals surface area contributed by atoms with Crippen LogP contribution < -0.4 is 0 Å². The van der Waals surface area contributed by atoms with Gasteiger partial charge in [0.25, 0.3) is 0 Å². The normalized spacial score (nSPS) is 21.8. The molecule has 2 aliphatic rings. The molecule has 2 heterocycles. The number of halogens is 1. The molecular weight excluding hydrogens is 295 g/mol. The highest BCUT2D eigenvalue weighted by molar-refractivity contribution is 5.89. The standard InChI is InChI=1S/C18H23FN2O2/c19-16-6-4-14(5-7-16)8-11-21-13-15(12-17(21)22)18(23)20-9-2-1-3-10-20/h4-7,15H,1-3,8-13H2. The first-order valence-electron chi connectivity index (χ1n) is 8.44. The van der Waals surface area contributed by atoms with Crippen LogP contribution in [0, 0.1) is 11.7 Å². The van der Waals surface area contributed by atoms with E-state index in [1.165, 1.54) is 18.6 Å². The average Bonchev–Trinajstić information content (AvgIpc) is 2.95. The number of carbonyl (C=O) groups excluding carboxylic acids is 2. The van der Waals surface area contributed by atoms with E-state index in [2.05, 4.69) is 0 Å². The van der Waals surface area contributed by atoms with Crippen LogP contribution in [0.1, 0.15) is 31.2 Å². The average molecular weight is 318 g/mol. The summed E-state index contributed by atoms with van der Waals surface area (Å²) >= 11 is 0. The SMILES string of the molecule is O=C1CC(C(=O)N2CCCCC2)CN1CCc1ccc(F)cc1. The molecule has 2 amide bonds. The fraction of sp³-hybridized carbons (Fsp3) is 0.556. The van der Waals surface area contributed by atoms with Crippen molar-refractivity contribution in [3.63, 3.8) is 0 Å². The van der Waals surface area contributed by atoms with Crippen LogP contribution >= 0.6 is 0 Å². The highest BCUT2D eigenvalue weighted by Gasteiger charge is 2.36. The third kappa shape index (κ3) is 3.89. The second-order valence-corrected chi connectivity index (χ2v) is 6.50. The minimum atomic E-state index is -0.252. The quantitative estimate of drug-likeness (QED) is 0.854. The number of piperidine rings is 1. The van der Waals surface area contributed by atoms with Gasteiger partial charge in [0.05, 0.1) is 5.92 Å². The second-order valence-electron chi connectivity index (χ2n) is 6.50. The molecule has 2 aliphatic heterocycles. The van der Waals surface area contributed by atoms with E-state index in [-0.39, 0.29) is 23.5 Å². The zero-order valence-corrected chi connectivity index (χ0v) is 13.3. The van der Waals surface area contributed by atoms with E-state index in [4.69, 9.17) is 0 Å². The molecule has 4 nitrogen and oxygen atoms in total. The molecule has 2 saturated heterocycles. The van der Waals surface area contributed by atoms with Gasteiger partial charge in [0, 0.05) is 32.6 Å². The molecule has 0 aromatic heterocycles. The monoisotopic (exact) mass is 318 g/mol. The van der Waals surface area contributed by atoms with Gasteiger partial charge in [-0.05, 0) is 43.4 Å². The van der Waals surface area contributed by atoms with Crippen molar-refractivity contribution in [2.45, 2.75) is 32.1 Å². The molecule has 0 aliphatic carbocycles. The van der Waals surface area contributed by atoms with Crippen molar-refractivity contribution in [1.29, 1.82) is 0 Å². The first-order valence-corrected chi connectivity index (χ1v) is 8.44. The third-order valence-electron chi connectivity index (χ3n) is 4.82. The molecule has 1 aromatic carbocycles. The van der Waals surface area contributed by atoms with Gasteiger partial charge >= 0.3 is 0 Å². The summed E-state index contributed by atoms with van der Waals surface area (Å²) in [5.74, 6) is -0.239. The van der Waals surface area contributed by atoms with Crippen molar-refractivity contribution < 1.29 is 14.0 Å². The number of hydrogen-bond acceptors (Lipinski definition) is 2. The molecule has 2 fully saturated rings. The smallest absolute Gasteiger partial charge is 0.227 e. The Balaban J connectivity index is 1.52. The third-order valence-corrected chi connectivity index (χ3v) is 4.82. The maximum absolute atomic E-state index is 12.9. The summed E-state index contributed by atoms with van der Waals surface area (Å²) in [4.78, 5) is 28.3. The van der Waals surface area contributed by atoms with Gasteiger partial charge in [-0.2, -0.15) is 0 Å². The van der Waals surface area contributed by atoms with Crippen molar-refractivity contribution in [2.75, 3.05) is 26.2 Å². The van der Waals surface area contributed by atoms with Crippen molar-refractivity contribution in [2.24, 2.45) is 5.92 Å². The van der Waals surface area contributed by atoms with Crippen LogP contribution in [0.25, 0.3) is 0 Å². The van der Waals surface area contributed by atoms with Gasteiger partial charge in [0.2, 0.25) is 11.8 Å². The van der Waals surface area contributed by atoms with Crippen LogP contribution in [0.2, 0.25) is 0 Å². The lowest BCUT2D eigenvalue weighted by molar-refractivity contribution is -0.136. The van der Waals surface area contributed by atoms with Gasteiger partial charge in [0.15, 0.2) is 0 Å². The van der Waals surface area contributed by atoms with Gasteiger partial charge in [-0.3, -0.25) is 9.59 Å². The fourth-order valence-electron chi connectivity index (χ4n) is 3.44. The zero-order chi connectivity index (χ0) is 16.2. The summed E-state index contributed by atoms with van der Waals surface area (Å²) in [5.41, 5.74) is 1.00. The minimum Gasteiger partial charge on any atom is -0.342 e. The Kier molecular flexibility index (Phi) is 4.94. The summed E-state index contributed by atoms with van der Waals surface area (Å²) in [6.07, 6.45) is 4.36. The van der Waals surface area contributed by atoms with Crippen molar-refractivity contribution in [3.8, 4) is 0 Å². The lowest BCUT2D eigenvalue weighted by Gasteiger charge is -2.29. The first kappa shape index (κ1) is 16.0. The Morgan fingerprint density at radius 1 is 1.13 bits per heavy atom. The van der Waals surface area contributed by atoms with Gasteiger partial charge in [-0.15, -0.1) is 0 Å². The molecule has 0 radical (unpaired) electrons. The second kappa shape index (κ2) is 7.11. The highest BCUT2D eigenvalue weighted by Crippen LogP contribution is 2.22. The Bertz CT molecular complexity index is 567. The molecule has 1 unspecified atom stereocenters. The number of hydrogen-bond donors (Lipinski definition) is 0. The summed E-state index contributed by atoms with van der Waals surface area (Å²) in [7, 11) is 0. The van der Waals surface area contributed by atoms with Crippen LogP contribution in [0.15, 0.2) is 24.3 Å². The Morgan fingerprint density at radius 3 is 2.52 bits per heavy atom. The molecule has 23 heavy (non-hydrogen) atoms. The molecular formula is C18H23FN2O2. The number of benzene rings is 1. The van der Waals surface area contributed by atoms with E-state index in [0.717, 1.165) is 31.5 Å². The van der Waals surface area contributed by atoms with E-state index in [0.29, 0.717) is 25.9 Å². The Morgan fingerprint density at radius 2 is 1.83 bits per heavy atom. The van der Waals surface area contributed by atoms with E-state index >= 15 is 0 Å². The van der Waals surface area contributed by atoms with Crippen LogP contribution in [-0.4, -0.2) is 47.8 Å². The van der Waals surface area contributed by atoms with Gasteiger partial charge in [-0.1, -0.05) is 12.1 Å². The molecule has 0 saturated carbocycles. The van der Waals surface area contributed by atoms with Crippen molar-refractivity contribution in [3.05, 3.63) is 35.6 Å². The van der Waals surface area contributed by atoms with Gasteiger partial charge < -0.3 is 9.80 Å². The summed E-state index contributed by atoms with van der Waals surface area (Å²) < 4.78 is 12.9. The molecule has 1 atom stereocenters. The Labute approximate surface area is 136 Å². The van der Waals surface area contributed by atoms with Crippen molar-refractivity contribution >= 4 is 11.8 Å². The summed E-state index contributed by atoms with van der Waals surface area (Å²) in [6, 6.07) is 6.35. The number of carbonyl (C=O) groups is 2. The molecule has 3 rings (SSSR count). The van der Waals surface area contributed by atoms with Crippen LogP contribution in [0.4, 0.5) is 4.39 Å². The van der Waals surface area contributed by atoms with E-state index < -0.39 is 0 Å². The van der Waals surface area contributed by atoms with E-state index in [1.807, 2.05) is 4.90 Å². The van der Waals surface area contributed by atoms with E-state index in [9.17, 15) is 14.0 Å². The molecule has 0 bridgehead atoms. The predicted octanol–water partition coefficient (Wildman–Crippen LogP) is 2.23. The lowest BCUT2D eigenvalue weighted by Crippen LogP contribution is -2.40. The number of likely N-dealkylation sites (tertiary alicyclic amines) is 2. The number of nitrogens with zero attached hydrogens (tertiary/aromatic N) is 2. The van der Waals surface area contributed by atoms with E-state index in [1.54, 1.807) is 17.0 Å². The largest absolute Gasteiger partial charge is 0.342 e. The van der Waals surface area contributed by atoms with Gasteiger partial charge in [-0.25, -0.2) is 4.39 Å². The molecule has 124 valence electrons. The van der Waals surface area contributed by atoms with Crippen molar-refractivity contribution in [1.82, 2.24) is 9.80 Å². The number of amides is 2. The maximum Gasteiger partial charge on any atom is 0.227 e. The topological polar surface area (TPSA) is 40.6 Å². The van der Waals surface area contributed by atoms with Crippen LogP contribution in [0.3, 0.4) is 0 Å². The zero-order valence-electron chi connectivity index (χ0n) is 13.3. The molecule has 0 spiro atoms. The maximum atomic E-state index is 12.9. The lowest BCUT2D eigenvalue weighted by atomic mass is 10.0. The number of rotatable bonds is 4.